The number of aromatic nitrogens is 4. The van der Waals surface area contributed by atoms with Crippen molar-refractivity contribution in [2.75, 3.05) is 11.4 Å². The first kappa shape index (κ1) is 13.7. The number of ether oxygens (including phenoxy) is 1. The number of nitrogens with zero attached hydrogens (tertiary/aromatic N) is 5. The van der Waals surface area contributed by atoms with Gasteiger partial charge in [0.15, 0.2) is 5.82 Å². The molecule has 0 radical (unpaired) electrons. The van der Waals surface area contributed by atoms with Gasteiger partial charge < -0.3 is 4.74 Å². The third kappa shape index (κ3) is 2.40. The van der Waals surface area contributed by atoms with E-state index in [0.717, 1.165) is 24.1 Å². The molecule has 8 nitrogen and oxygen atoms in total. The number of aromatic amines is 1. The number of benzene rings is 1. The number of hydrogen-bond acceptors (Lipinski definition) is 6. The Labute approximate surface area is 132 Å². The highest BCUT2D eigenvalue weighted by molar-refractivity contribution is 5.89. The summed E-state index contributed by atoms with van der Waals surface area (Å²) in [5, 5.41) is 22.8. The van der Waals surface area contributed by atoms with Crippen molar-refractivity contribution in [2.45, 2.75) is 30.8 Å². The maximum Gasteiger partial charge on any atom is 0.414 e. The highest BCUT2D eigenvalue weighted by atomic mass is 16.6. The van der Waals surface area contributed by atoms with E-state index in [2.05, 4.69) is 26.7 Å². The van der Waals surface area contributed by atoms with E-state index >= 15 is 0 Å². The van der Waals surface area contributed by atoms with Crippen LogP contribution in [-0.2, 0) is 16.6 Å². The molecule has 1 aliphatic heterocycles. The normalized spacial score (nSPS) is 21.8. The van der Waals surface area contributed by atoms with Crippen LogP contribution in [0.1, 0.15) is 24.2 Å². The molecule has 2 heterocycles. The van der Waals surface area contributed by atoms with Crippen LogP contribution >= 0.6 is 0 Å². The van der Waals surface area contributed by atoms with Gasteiger partial charge in [0.2, 0.25) is 0 Å². The number of nitrogens with one attached hydrogen (secondary N) is 1. The zero-order valence-corrected chi connectivity index (χ0v) is 12.3. The maximum absolute atomic E-state index is 12.1. The molecule has 8 heteroatoms. The smallest absolute Gasteiger partial charge is 0.414 e. The third-order valence-electron chi connectivity index (χ3n) is 4.37. The van der Waals surface area contributed by atoms with Crippen LogP contribution < -0.4 is 4.90 Å². The van der Waals surface area contributed by atoms with Crippen LogP contribution in [0.3, 0.4) is 0 Å². The van der Waals surface area contributed by atoms with Crippen molar-refractivity contribution >= 4 is 11.8 Å². The van der Waals surface area contributed by atoms with E-state index in [4.69, 9.17) is 4.74 Å². The second kappa shape index (κ2) is 5.05. The fraction of sp³-hybridized carbons (Fsp3) is 0.400. The van der Waals surface area contributed by atoms with Crippen molar-refractivity contribution in [3.63, 3.8) is 0 Å². The van der Waals surface area contributed by atoms with Crippen molar-refractivity contribution in [2.24, 2.45) is 0 Å². The second-order valence-corrected chi connectivity index (χ2v) is 5.89. The quantitative estimate of drug-likeness (QED) is 0.912. The molecule has 116 valence electrons. The van der Waals surface area contributed by atoms with Gasteiger partial charge in [-0.1, -0.05) is 17.3 Å². The largest absolute Gasteiger partial charge is 0.443 e. The molecule has 1 atom stereocenters. The van der Waals surface area contributed by atoms with Crippen LogP contribution in [0.5, 0.6) is 0 Å². The highest BCUT2D eigenvalue weighted by Gasteiger charge is 2.45. The summed E-state index contributed by atoms with van der Waals surface area (Å²) < 4.78 is 5.35. The number of tetrazole rings is 1. The molecule has 2 aliphatic rings. The van der Waals surface area contributed by atoms with Crippen molar-refractivity contribution < 1.29 is 9.53 Å². The average molecular weight is 310 g/mol. The van der Waals surface area contributed by atoms with Crippen LogP contribution in [-0.4, -0.2) is 39.4 Å². The zero-order valence-electron chi connectivity index (χ0n) is 12.3. The lowest BCUT2D eigenvalue weighted by Crippen LogP contribution is -2.25. The Morgan fingerprint density at radius 1 is 1.39 bits per heavy atom. The number of carbonyl (C=O) groups excluding carboxylic acids is 1. The Kier molecular flexibility index (Phi) is 3.01. The van der Waals surface area contributed by atoms with E-state index in [-0.39, 0.29) is 17.6 Å². The van der Waals surface area contributed by atoms with Crippen LogP contribution in [0, 0.1) is 11.3 Å². The number of nitriles is 1. The van der Waals surface area contributed by atoms with Gasteiger partial charge in [0.1, 0.15) is 6.10 Å². The second-order valence-electron chi connectivity index (χ2n) is 5.89. The monoisotopic (exact) mass is 310 g/mol. The summed E-state index contributed by atoms with van der Waals surface area (Å²) in [5.74, 6) is 0.518. The molecule has 0 bridgehead atoms. The molecule has 1 saturated heterocycles. The van der Waals surface area contributed by atoms with E-state index in [1.165, 1.54) is 0 Å². The van der Waals surface area contributed by atoms with Gasteiger partial charge in [0, 0.05) is 5.69 Å². The van der Waals surface area contributed by atoms with E-state index in [1.54, 1.807) is 4.90 Å². The zero-order chi connectivity index (χ0) is 15.9. The predicted molar refractivity (Wildman–Crippen MR) is 78.5 cm³/mol. The first-order valence-electron chi connectivity index (χ1n) is 7.42. The first-order chi connectivity index (χ1) is 11.2. The summed E-state index contributed by atoms with van der Waals surface area (Å²) in [6.07, 6.45) is 1.55. The fourth-order valence-electron chi connectivity index (χ4n) is 2.86. The van der Waals surface area contributed by atoms with Gasteiger partial charge >= 0.3 is 6.09 Å². The summed E-state index contributed by atoms with van der Waals surface area (Å²) in [4.78, 5) is 13.6. The lowest BCUT2D eigenvalue weighted by Gasteiger charge is -2.14. The SMILES string of the molecule is N#CC1(c2ccc(N3C[C@H](Cc4nn[nH]n4)OC3=O)cc2)CC1. The van der Waals surface area contributed by atoms with Gasteiger partial charge in [-0.15, -0.1) is 10.2 Å². The van der Waals surface area contributed by atoms with Gasteiger partial charge in [0.25, 0.3) is 0 Å². The van der Waals surface area contributed by atoms with Gasteiger partial charge in [-0.2, -0.15) is 10.5 Å². The summed E-state index contributed by atoms with van der Waals surface area (Å²) >= 11 is 0. The minimum absolute atomic E-state index is 0.298. The predicted octanol–water partition coefficient (Wildman–Crippen LogP) is 1.32. The molecule has 1 N–H and O–H groups in total. The van der Waals surface area contributed by atoms with E-state index in [1.807, 2.05) is 24.3 Å². The molecule has 2 fully saturated rings. The molecule has 2 aromatic rings. The van der Waals surface area contributed by atoms with Gasteiger partial charge in [0.05, 0.1) is 24.4 Å². The number of amides is 1. The molecule has 1 aliphatic carbocycles. The molecular weight excluding hydrogens is 296 g/mol. The summed E-state index contributed by atoms with van der Waals surface area (Å²) in [7, 11) is 0. The fourth-order valence-corrected chi connectivity index (χ4v) is 2.86. The Bertz CT molecular complexity index is 760. The molecule has 23 heavy (non-hydrogen) atoms. The van der Waals surface area contributed by atoms with E-state index in [0.29, 0.717) is 18.8 Å². The van der Waals surface area contributed by atoms with E-state index in [9.17, 15) is 10.1 Å². The number of H-pyrrole nitrogens is 1. The Balaban J connectivity index is 1.48. The minimum atomic E-state index is -0.382. The first-order valence-corrected chi connectivity index (χ1v) is 7.42. The number of rotatable bonds is 4. The van der Waals surface area contributed by atoms with Crippen molar-refractivity contribution in [1.82, 2.24) is 20.6 Å². The van der Waals surface area contributed by atoms with Crippen molar-refractivity contribution in [3.05, 3.63) is 35.7 Å². The Morgan fingerprint density at radius 2 is 2.17 bits per heavy atom. The van der Waals surface area contributed by atoms with Gasteiger partial charge in [-0.25, -0.2) is 4.79 Å². The Morgan fingerprint density at radius 3 is 2.78 bits per heavy atom. The standard InChI is InChI=1S/C15H14N6O2/c16-9-15(5-6-15)10-1-3-11(4-2-10)21-8-12(23-14(21)22)7-13-17-19-20-18-13/h1-4,12H,5-8H2,(H,17,18,19,20)/t12-/m0/s1. The third-order valence-corrected chi connectivity index (χ3v) is 4.37. The molecule has 1 aromatic carbocycles. The summed E-state index contributed by atoms with van der Waals surface area (Å²) in [6.45, 7) is 0.441. The molecule has 4 rings (SSSR count). The van der Waals surface area contributed by atoms with Crippen LogP contribution in [0.25, 0.3) is 0 Å². The molecule has 0 unspecified atom stereocenters. The van der Waals surface area contributed by atoms with Crippen LogP contribution in [0.2, 0.25) is 0 Å². The van der Waals surface area contributed by atoms with Gasteiger partial charge in [-0.05, 0) is 30.5 Å². The minimum Gasteiger partial charge on any atom is -0.443 e. The number of cyclic esters (lactones) is 1. The number of hydrogen-bond donors (Lipinski definition) is 1. The van der Waals surface area contributed by atoms with Crippen molar-refractivity contribution in [3.8, 4) is 6.07 Å². The number of carbonyl (C=O) groups is 1. The van der Waals surface area contributed by atoms with E-state index < -0.39 is 0 Å². The molecule has 0 spiro atoms. The average Bonchev–Trinajstić information content (AvgIpc) is 3.05. The molecule has 1 amide bonds. The lowest BCUT2D eigenvalue weighted by atomic mass is 9.97. The van der Waals surface area contributed by atoms with Crippen molar-refractivity contribution in [1.29, 1.82) is 5.26 Å². The maximum atomic E-state index is 12.1. The number of anilines is 1. The van der Waals surface area contributed by atoms with Gasteiger partial charge in [-0.3, -0.25) is 4.90 Å². The summed E-state index contributed by atoms with van der Waals surface area (Å²) in [6, 6.07) is 9.95. The summed E-state index contributed by atoms with van der Waals surface area (Å²) in [5.41, 5.74) is 1.47. The van der Waals surface area contributed by atoms with Crippen LogP contribution in [0.4, 0.5) is 10.5 Å². The Hall–Kier alpha value is -2.95. The van der Waals surface area contributed by atoms with Crippen LogP contribution in [0.15, 0.2) is 24.3 Å². The molecule has 1 saturated carbocycles. The molecular formula is C15H14N6O2. The highest BCUT2D eigenvalue weighted by Crippen LogP contribution is 2.47. The lowest BCUT2D eigenvalue weighted by molar-refractivity contribution is 0.140. The topological polar surface area (TPSA) is 108 Å². The molecule has 1 aromatic heterocycles.